The summed E-state index contributed by atoms with van der Waals surface area (Å²) in [4.78, 5) is 34.4. The topological polar surface area (TPSA) is 63.4 Å². The third-order valence-electron chi connectivity index (χ3n) is 6.09. The first-order chi connectivity index (χ1) is 15.2. The number of thiazole rings is 1. The first-order valence-corrected chi connectivity index (χ1v) is 11.4. The van der Waals surface area contributed by atoms with Crippen molar-refractivity contribution in [3.8, 4) is 0 Å². The first kappa shape index (κ1) is 20.6. The summed E-state index contributed by atoms with van der Waals surface area (Å²) >= 11 is 1.45. The second-order valence-corrected chi connectivity index (χ2v) is 10.4. The van der Waals surface area contributed by atoms with Crippen molar-refractivity contribution < 1.29 is 9.21 Å². The molecule has 0 fully saturated rings. The summed E-state index contributed by atoms with van der Waals surface area (Å²) in [6, 6.07) is 14.6. The lowest BCUT2D eigenvalue weighted by atomic mass is 9.86. The average molecular weight is 445 g/mol. The van der Waals surface area contributed by atoms with Crippen LogP contribution < -0.4 is 10.3 Å². The summed E-state index contributed by atoms with van der Waals surface area (Å²) in [5, 5.41) is 1.05. The number of fused-ring (bicyclic) bond motifs is 2. The number of benzene rings is 2. The number of hydrogen-bond donors (Lipinski definition) is 0. The minimum Gasteiger partial charge on any atom is -0.450 e. The summed E-state index contributed by atoms with van der Waals surface area (Å²) in [6.45, 7) is 10.4. The van der Waals surface area contributed by atoms with Crippen LogP contribution in [-0.2, 0) is 5.41 Å². The van der Waals surface area contributed by atoms with Crippen LogP contribution in [0.25, 0.3) is 11.0 Å². The molecule has 0 bridgehead atoms. The van der Waals surface area contributed by atoms with Gasteiger partial charge in [0.1, 0.15) is 5.58 Å². The Hall–Kier alpha value is -3.25. The summed E-state index contributed by atoms with van der Waals surface area (Å²) in [5.74, 6) is -0.231. The Morgan fingerprint density at radius 2 is 1.69 bits per heavy atom. The molecule has 3 heterocycles. The van der Waals surface area contributed by atoms with Crippen LogP contribution in [0.5, 0.6) is 0 Å². The number of aromatic nitrogens is 1. The van der Waals surface area contributed by atoms with Crippen LogP contribution in [0, 0.1) is 13.8 Å². The largest absolute Gasteiger partial charge is 0.450 e. The molecule has 0 N–H and O–H groups in total. The third kappa shape index (κ3) is 3.09. The Morgan fingerprint density at radius 3 is 2.31 bits per heavy atom. The number of anilines is 1. The van der Waals surface area contributed by atoms with E-state index < -0.39 is 6.04 Å². The molecule has 6 heteroatoms. The molecular formula is C26H24N2O3S. The van der Waals surface area contributed by atoms with Gasteiger partial charge in [0.05, 0.1) is 22.7 Å². The number of carbonyl (C=O) groups excluding carboxylic acids is 1. The van der Waals surface area contributed by atoms with Gasteiger partial charge in [0, 0.05) is 4.88 Å². The maximum atomic E-state index is 13.6. The van der Waals surface area contributed by atoms with Gasteiger partial charge in [-0.15, -0.1) is 11.3 Å². The zero-order chi connectivity index (χ0) is 22.8. The minimum atomic E-state index is -0.586. The molecule has 1 amide bonds. The lowest BCUT2D eigenvalue weighted by Crippen LogP contribution is -2.29. The number of nitrogens with zero attached hydrogens (tertiary/aromatic N) is 2. The van der Waals surface area contributed by atoms with E-state index in [1.165, 1.54) is 16.9 Å². The van der Waals surface area contributed by atoms with E-state index in [2.05, 4.69) is 37.9 Å². The van der Waals surface area contributed by atoms with E-state index in [0.717, 1.165) is 16.1 Å². The van der Waals surface area contributed by atoms with Crippen LogP contribution in [0.3, 0.4) is 0 Å². The Labute approximate surface area is 190 Å². The third-order valence-corrected chi connectivity index (χ3v) is 7.17. The highest BCUT2D eigenvalue weighted by Crippen LogP contribution is 2.43. The second kappa shape index (κ2) is 7.14. The lowest BCUT2D eigenvalue weighted by Gasteiger charge is -2.24. The molecule has 1 aliphatic heterocycles. The number of hydrogen-bond acceptors (Lipinski definition) is 5. The fourth-order valence-electron chi connectivity index (χ4n) is 4.16. The summed E-state index contributed by atoms with van der Waals surface area (Å²) in [7, 11) is 0. The monoisotopic (exact) mass is 444 g/mol. The number of carbonyl (C=O) groups is 1. The predicted molar refractivity (Wildman–Crippen MR) is 128 cm³/mol. The normalized spacial score (nSPS) is 16.1. The number of amides is 1. The second-order valence-electron chi connectivity index (χ2n) is 9.26. The van der Waals surface area contributed by atoms with E-state index in [4.69, 9.17) is 4.42 Å². The summed E-state index contributed by atoms with van der Waals surface area (Å²) < 4.78 is 6.00. The predicted octanol–water partition coefficient (Wildman–Crippen LogP) is 5.91. The van der Waals surface area contributed by atoms with E-state index in [1.807, 2.05) is 26.0 Å². The quantitative estimate of drug-likeness (QED) is 0.385. The maximum Gasteiger partial charge on any atom is 0.297 e. The van der Waals surface area contributed by atoms with E-state index in [-0.39, 0.29) is 22.5 Å². The van der Waals surface area contributed by atoms with Crippen molar-refractivity contribution >= 4 is 33.3 Å². The lowest BCUT2D eigenvalue weighted by molar-refractivity contribution is 0.0971. The molecule has 5 rings (SSSR count). The molecule has 0 aliphatic carbocycles. The summed E-state index contributed by atoms with van der Waals surface area (Å²) in [6.07, 6.45) is 0. The van der Waals surface area contributed by atoms with Gasteiger partial charge in [-0.2, -0.15) is 0 Å². The van der Waals surface area contributed by atoms with Gasteiger partial charge in [0.2, 0.25) is 5.76 Å². The van der Waals surface area contributed by atoms with Crippen LogP contribution in [0.4, 0.5) is 5.13 Å². The van der Waals surface area contributed by atoms with E-state index >= 15 is 0 Å². The van der Waals surface area contributed by atoms with Crippen molar-refractivity contribution in [2.75, 3.05) is 4.90 Å². The van der Waals surface area contributed by atoms with Crippen LogP contribution in [-0.4, -0.2) is 10.9 Å². The maximum absolute atomic E-state index is 13.6. The van der Waals surface area contributed by atoms with Crippen molar-refractivity contribution in [2.45, 2.75) is 46.1 Å². The zero-order valence-corrected chi connectivity index (χ0v) is 19.5. The Kier molecular flexibility index (Phi) is 4.60. The standard InChI is InChI=1S/C26H24N2O3S/c1-14-15(2)32-25(27-14)28-21(16-10-12-17(13-11-16)26(3,4)5)20-22(29)18-8-6-7-9-19(18)31-23(20)24(28)30/h6-13,21H,1-5H3. The van der Waals surface area contributed by atoms with Gasteiger partial charge in [0.25, 0.3) is 5.91 Å². The van der Waals surface area contributed by atoms with Gasteiger partial charge >= 0.3 is 0 Å². The van der Waals surface area contributed by atoms with Crippen LogP contribution in [0.2, 0.25) is 0 Å². The van der Waals surface area contributed by atoms with Gasteiger partial charge in [-0.25, -0.2) is 4.98 Å². The zero-order valence-electron chi connectivity index (χ0n) is 18.7. The highest BCUT2D eigenvalue weighted by molar-refractivity contribution is 7.15. The van der Waals surface area contributed by atoms with Gasteiger partial charge in [-0.3, -0.25) is 14.5 Å². The minimum absolute atomic E-state index is 0.000379. The molecule has 1 atom stereocenters. The van der Waals surface area contributed by atoms with Crippen molar-refractivity contribution in [3.63, 3.8) is 0 Å². The molecule has 0 radical (unpaired) electrons. The molecule has 162 valence electrons. The molecular weight excluding hydrogens is 420 g/mol. The van der Waals surface area contributed by atoms with E-state index in [9.17, 15) is 9.59 Å². The van der Waals surface area contributed by atoms with E-state index in [0.29, 0.717) is 21.7 Å². The Morgan fingerprint density at radius 1 is 1.00 bits per heavy atom. The molecule has 0 saturated carbocycles. The van der Waals surface area contributed by atoms with Crippen molar-refractivity contribution in [3.05, 3.63) is 91.8 Å². The molecule has 2 aromatic carbocycles. The SMILES string of the molecule is Cc1nc(N2C(=O)c3oc4ccccc4c(=O)c3C2c2ccc(C(C)(C)C)cc2)sc1C. The fourth-order valence-corrected chi connectivity index (χ4v) is 5.09. The number of para-hydroxylation sites is 1. The average Bonchev–Trinajstić information content (AvgIpc) is 3.24. The molecule has 32 heavy (non-hydrogen) atoms. The van der Waals surface area contributed by atoms with Crippen molar-refractivity contribution in [2.24, 2.45) is 0 Å². The van der Waals surface area contributed by atoms with Crippen molar-refractivity contribution in [1.82, 2.24) is 4.98 Å². The number of aryl methyl sites for hydroxylation is 2. The molecule has 1 unspecified atom stereocenters. The number of rotatable bonds is 2. The van der Waals surface area contributed by atoms with Crippen LogP contribution in [0.15, 0.2) is 57.7 Å². The fraction of sp³-hybridized carbons (Fsp3) is 0.269. The molecule has 1 aliphatic rings. The van der Waals surface area contributed by atoms with Gasteiger partial charge in [-0.05, 0) is 42.5 Å². The van der Waals surface area contributed by atoms with Crippen LogP contribution in [0.1, 0.15) is 64.6 Å². The molecule has 0 saturated heterocycles. The molecule has 2 aromatic heterocycles. The molecule has 0 spiro atoms. The van der Waals surface area contributed by atoms with Crippen LogP contribution >= 0.6 is 11.3 Å². The highest BCUT2D eigenvalue weighted by atomic mass is 32.1. The molecule has 4 aromatic rings. The molecule has 5 nitrogen and oxygen atoms in total. The van der Waals surface area contributed by atoms with Gasteiger partial charge < -0.3 is 4.42 Å². The smallest absolute Gasteiger partial charge is 0.297 e. The van der Waals surface area contributed by atoms with Crippen molar-refractivity contribution in [1.29, 1.82) is 0 Å². The highest BCUT2D eigenvalue weighted by Gasteiger charge is 2.45. The first-order valence-electron chi connectivity index (χ1n) is 10.6. The Bertz CT molecular complexity index is 1400. The van der Waals surface area contributed by atoms with Gasteiger partial charge in [-0.1, -0.05) is 57.2 Å². The van der Waals surface area contributed by atoms with E-state index in [1.54, 1.807) is 29.2 Å². The Balaban J connectivity index is 1.77. The van der Waals surface area contributed by atoms with Gasteiger partial charge in [0.15, 0.2) is 10.6 Å². The summed E-state index contributed by atoms with van der Waals surface area (Å²) in [5.41, 5.74) is 3.54.